The molecule has 1 atom stereocenters. The van der Waals surface area contributed by atoms with Crippen molar-refractivity contribution in [3.8, 4) is 0 Å². The first-order chi connectivity index (χ1) is 9.19. The second-order valence-corrected chi connectivity index (χ2v) is 5.26. The van der Waals surface area contributed by atoms with Crippen LogP contribution in [0.15, 0.2) is 30.3 Å². The van der Waals surface area contributed by atoms with Crippen LogP contribution in [-0.2, 0) is 10.2 Å². The topological polar surface area (TPSA) is 61.4 Å². The van der Waals surface area contributed by atoms with Gasteiger partial charge in [0.25, 0.3) is 0 Å². The van der Waals surface area contributed by atoms with E-state index in [-0.39, 0.29) is 18.6 Å². The minimum absolute atomic E-state index is 0.0294. The third kappa shape index (κ3) is 2.96. The molecule has 1 fully saturated rings. The Kier molecular flexibility index (Phi) is 4.56. The Balaban J connectivity index is 2.27. The highest BCUT2D eigenvalue weighted by molar-refractivity contribution is 5.88. The van der Waals surface area contributed by atoms with Crippen LogP contribution >= 0.6 is 0 Å². The molecule has 0 unspecified atom stereocenters. The van der Waals surface area contributed by atoms with Crippen LogP contribution in [0.25, 0.3) is 0 Å². The molecule has 0 radical (unpaired) electrons. The van der Waals surface area contributed by atoms with Gasteiger partial charge in [-0.15, -0.1) is 0 Å². The fourth-order valence-corrected chi connectivity index (χ4v) is 2.67. The number of aliphatic hydroxyl groups excluding tert-OH is 1. The van der Waals surface area contributed by atoms with Gasteiger partial charge in [-0.25, -0.2) is 0 Å². The largest absolute Gasteiger partial charge is 0.394 e. The van der Waals surface area contributed by atoms with Crippen LogP contribution in [0.2, 0.25) is 0 Å². The molecule has 0 spiro atoms. The Labute approximate surface area is 114 Å². The molecule has 4 heteroatoms. The molecular weight excluding hydrogens is 240 g/mol. The van der Waals surface area contributed by atoms with Crippen molar-refractivity contribution in [1.82, 2.24) is 10.6 Å². The summed E-state index contributed by atoms with van der Waals surface area (Å²) in [6.45, 7) is 3.47. The number of hydrogen-bond donors (Lipinski definition) is 3. The molecule has 3 N–H and O–H groups in total. The summed E-state index contributed by atoms with van der Waals surface area (Å²) in [5, 5.41) is 15.3. The summed E-state index contributed by atoms with van der Waals surface area (Å²) in [4.78, 5) is 12.6. The zero-order valence-corrected chi connectivity index (χ0v) is 11.4. The van der Waals surface area contributed by atoms with Gasteiger partial charge in [0.15, 0.2) is 0 Å². The lowest BCUT2D eigenvalue weighted by Gasteiger charge is -2.37. The van der Waals surface area contributed by atoms with Gasteiger partial charge in [0.05, 0.1) is 12.0 Å². The van der Waals surface area contributed by atoms with Crippen LogP contribution in [-0.4, -0.2) is 36.8 Å². The highest BCUT2D eigenvalue weighted by Gasteiger charge is 2.41. The Morgan fingerprint density at radius 1 is 1.37 bits per heavy atom. The third-order valence-electron chi connectivity index (χ3n) is 3.87. The second kappa shape index (κ2) is 6.17. The molecular formula is C15H22N2O2. The van der Waals surface area contributed by atoms with E-state index in [1.807, 2.05) is 37.3 Å². The number of benzene rings is 1. The molecule has 0 aromatic heterocycles. The third-order valence-corrected chi connectivity index (χ3v) is 3.87. The fraction of sp³-hybridized carbons (Fsp3) is 0.533. The van der Waals surface area contributed by atoms with Crippen LogP contribution in [0.5, 0.6) is 0 Å². The van der Waals surface area contributed by atoms with Crippen LogP contribution in [0.1, 0.15) is 25.3 Å². The Morgan fingerprint density at radius 3 is 2.58 bits per heavy atom. The molecule has 4 nitrogen and oxygen atoms in total. The van der Waals surface area contributed by atoms with Crippen molar-refractivity contribution in [3.05, 3.63) is 35.9 Å². The maximum Gasteiger partial charge on any atom is 0.231 e. The molecule has 1 aromatic rings. The number of rotatable bonds is 4. The Morgan fingerprint density at radius 2 is 2.00 bits per heavy atom. The van der Waals surface area contributed by atoms with E-state index in [1.54, 1.807) is 0 Å². The van der Waals surface area contributed by atoms with Gasteiger partial charge in [-0.2, -0.15) is 0 Å². The number of carbonyl (C=O) groups is 1. The number of amides is 1. The van der Waals surface area contributed by atoms with Gasteiger partial charge in [0, 0.05) is 6.04 Å². The van der Waals surface area contributed by atoms with E-state index in [0.717, 1.165) is 31.5 Å². The minimum atomic E-state index is -0.462. The summed E-state index contributed by atoms with van der Waals surface area (Å²) in [5.41, 5.74) is 0.606. The molecule has 1 aliphatic rings. The zero-order valence-electron chi connectivity index (χ0n) is 11.4. The lowest BCUT2D eigenvalue weighted by Crippen LogP contribution is -2.53. The first-order valence-corrected chi connectivity index (χ1v) is 6.87. The molecule has 1 heterocycles. The van der Waals surface area contributed by atoms with Gasteiger partial charge in [0.1, 0.15) is 0 Å². The maximum atomic E-state index is 12.6. The van der Waals surface area contributed by atoms with E-state index in [0.29, 0.717) is 0 Å². The summed E-state index contributed by atoms with van der Waals surface area (Å²) in [6, 6.07) is 9.75. The predicted molar refractivity (Wildman–Crippen MR) is 74.9 cm³/mol. The lowest BCUT2D eigenvalue weighted by atomic mass is 9.72. The zero-order chi connectivity index (χ0) is 13.7. The standard InChI is InChI=1S/C15H22N2O2/c1-12(11-18)17-14(19)15(7-9-16-10-8-15)13-5-3-2-4-6-13/h2-6,12,16,18H,7-11H2,1H3,(H,17,19)/t12-/m1/s1. The number of piperidine rings is 1. The SMILES string of the molecule is C[C@H](CO)NC(=O)C1(c2ccccc2)CCNCC1. The molecule has 1 amide bonds. The highest BCUT2D eigenvalue weighted by atomic mass is 16.3. The van der Waals surface area contributed by atoms with E-state index in [1.165, 1.54) is 0 Å². The van der Waals surface area contributed by atoms with Crippen LogP contribution in [0, 0.1) is 0 Å². The van der Waals surface area contributed by atoms with Crippen molar-refractivity contribution in [2.75, 3.05) is 19.7 Å². The average Bonchev–Trinajstić information content (AvgIpc) is 2.48. The van der Waals surface area contributed by atoms with E-state index >= 15 is 0 Å². The van der Waals surface area contributed by atoms with Crippen molar-refractivity contribution in [2.45, 2.75) is 31.2 Å². The van der Waals surface area contributed by atoms with Gasteiger partial charge < -0.3 is 15.7 Å². The first-order valence-electron chi connectivity index (χ1n) is 6.87. The molecule has 1 aliphatic heterocycles. The lowest BCUT2D eigenvalue weighted by molar-refractivity contribution is -0.128. The highest BCUT2D eigenvalue weighted by Crippen LogP contribution is 2.33. The van der Waals surface area contributed by atoms with Gasteiger partial charge in [-0.3, -0.25) is 4.79 Å². The molecule has 1 aromatic carbocycles. The number of carbonyl (C=O) groups excluding carboxylic acids is 1. The normalized spacial score (nSPS) is 19.7. The van der Waals surface area contributed by atoms with Gasteiger partial charge in [0.2, 0.25) is 5.91 Å². The van der Waals surface area contributed by atoms with Gasteiger partial charge in [-0.05, 0) is 38.4 Å². The first kappa shape index (κ1) is 14.0. The Hall–Kier alpha value is -1.39. The van der Waals surface area contributed by atoms with Gasteiger partial charge in [-0.1, -0.05) is 30.3 Å². The monoisotopic (exact) mass is 262 g/mol. The molecule has 1 saturated heterocycles. The predicted octanol–water partition coefficient (Wildman–Crippen LogP) is 0.805. The number of hydrogen-bond acceptors (Lipinski definition) is 3. The molecule has 0 saturated carbocycles. The van der Waals surface area contributed by atoms with Crippen molar-refractivity contribution < 1.29 is 9.90 Å². The number of aliphatic hydroxyl groups is 1. The molecule has 0 aliphatic carbocycles. The number of nitrogens with one attached hydrogen (secondary N) is 2. The summed E-state index contributed by atoms with van der Waals surface area (Å²) in [5.74, 6) is 0.0294. The molecule has 19 heavy (non-hydrogen) atoms. The Bertz CT molecular complexity index is 413. The van der Waals surface area contributed by atoms with Crippen molar-refractivity contribution >= 4 is 5.91 Å². The molecule has 2 rings (SSSR count). The quantitative estimate of drug-likeness (QED) is 0.752. The summed E-state index contributed by atoms with van der Waals surface area (Å²) in [7, 11) is 0. The second-order valence-electron chi connectivity index (χ2n) is 5.26. The van der Waals surface area contributed by atoms with Crippen LogP contribution in [0.3, 0.4) is 0 Å². The minimum Gasteiger partial charge on any atom is -0.394 e. The van der Waals surface area contributed by atoms with E-state index in [2.05, 4.69) is 10.6 Å². The summed E-state index contributed by atoms with van der Waals surface area (Å²) in [6.07, 6.45) is 1.59. The van der Waals surface area contributed by atoms with Crippen LogP contribution in [0.4, 0.5) is 0 Å². The summed E-state index contributed by atoms with van der Waals surface area (Å²) >= 11 is 0. The summed E-state index contributed by atoms with van der Waals surface area (Å²) < 4.78 is 0. The fourth-order valence-electron chi connectivity index (χ4n) is 2.67. The van der Waals surface area contributed by atoms with Crippen molar-refractivity contribution in [3.63, 3.8) is 0 Å². The van der Waals surface area contributed by atoms with E-state index < -0.39 is 5.41 Å². The molecule has 104 valence electrons. The van der Waals surface area contributed by atoms with Crippen molar-refractivity contribution in [1.29, 1.82) is 0 Å². The maximum absolute atomic E-state index is 12.6. The van der Waals surface area contributed by atoms with Crippen molar-refractivity contribution in [2.24, 2.45) is 0 Å². The van der Waals surface area contributed by atoms with Crippen LogP contribution < -0.4 is 10.6 Å². The van der Waals surface area contributed by atoms with Gasteiger partial charge >= 0.3 is 0 Å². The van der Waals surface area contributed by atoms with E-state index in [9.17, 15) is 4.79 Å². The smallest absolute Gasteiger partial charge is 0.231 e. The average molecular weight is 262 g/mol. The molecule has 0 bridgehead atoms. The van der Waals surface area contributed by atoms with E-state index in [4.69, 9.17) is 5.11 Å².